The Kier molecular flexibility index (Phi) is 6.05. The molecule has 2 aromatic heterocycles. The highest BCUT2D eigenvalue weighted by molar-refractivity contribution is 7.99. The lowest BCUT2D eigenvalue weighted by molar-refractivity contribution is 0.704. The lowest BCUT2D eigenvalue weighted by Gasteiger charge is -2.32. The molecule has 4 aromatic rings. The van der Waals surface area contributed by atoms with Crippen molar-refractivity contribution >= 4 is 45.9 Å². The van der Waals surface area contributed by atoms with Crippen LogP contribution in [0.25, 0.3) is 11.2 Å². The third-order valence-electron chi connectivity index (χ3n) is 5.92. The maximum Gasteiger partial charge on any atom is 0.332 e. The fraction of sp³-hybridized carbons (Fsp3) is 0.192. The first-order chi connectivity index (χ1) is 16.8. The van der Waals surface area contributed by atoms with Gasteiger partial charge in [0.2, 0.25) is 0 Å². The van der Waals surface area contributed by atoms with Gasteiger partial charge in [-0.3, -0.25) is 13.9 Å². The number of benzene rings is 2. The summed E-state index contributed by atoms with van der Waals surface area (Å²) in [4.78, 5) is 33.6. The molecule has 5 rings (SSSR count). The van der Waals surface area contributed by atoms with Gasteiger partial charge in [-0.1, -0.05) is 53.4 Å². The summed E-state index contributed by atoms with van der Waals surface area (Å²) in [5.41, 5.74) is 3.05. The zero-order valence-electron chi connectivity index (χ0n) is 19.4. The number of halogens is 1. The van der Waals surface area contributed by atoms with Crippen LogP contribution in [0.1, 0.15) is 6.92 Å². The SMILES string of the molecule is C/C(C#CCn1cnc2c1c(=O)n(C)c(=O)n2C)=C\CN1c2ccccc2Sc2ccc(Cl)cc21. The second-order valence-electron chi connectivity index (χ2n) is 8.23. The normalized spacial score (nSPS) is 12.8. The summed E-state index contributed by atoms with van der Waals surface area (Å²) in [5.74, 6) is 6.29. The molecule has 0 N–H and O–H groups in total. The molecule has 1 aliphatic rings. The first kappa shape index (κ1) is 23.1. The minimum absolute atomic E-state index is 0.288. The molecule has 0 radical (unpaired) electrons. The highest BCUT2D eigenvalue weighted by Crippen LogP contribution is 2.48. The van der Waals surface area contributed by atoms with Crippen LogP contribution in [0.2, 0.25) is 5.02 Å². The molecule has 176 valence electrons. The van der Waals surface area contributed by atoms with Gasteiger partial charge in [-0.15, -0.1) is 0 Å². The van der Waals surface area contributed by atoms with Gasteiger partial charge in [-0.2, -0.15) is 0 Å². The molecular formula is C26H22ClN5O2S. The molecule has 0 atom stereocenters. The Hall–Kier alpha value is -3.67. The summed E-state index contributed by atoms with van der Waals surface area (Å²) >= 11 is 8.05. The van der Waals surface area contributed by atoms with Crippen molar-refractivity contribution in [2.45, 2.75) is 23.3 Å². The molecule has 3 heterocycles. The van der Waals surface area contributed by atoms with Crippen LogP contribution < -0.4 is 16.1 Å². The van der Waals surface area contributed by atoms with E-state index in [4.69, 9.17) is 11.6 Å². The first-order valence-corrected chi connectivity index (χ1v) is 12.1. The van der Waals surface area contributed by atoms with Gasteiger partial charge in [-0.05, 0) is 42.8 Å². The van der Waals surface area contributed by atoms with E-state index >= 15 is 0 Å². The quantitative estimate of drug-likeness (QED) is 0.389. The van der Waals surface area contributed by atoms with Gasteiger partial charge in [0.05, 0.1) is 24.2 Å². The van der Waals surface area contributed by atoms with Crippen LogP contribution in [0.5, 0.6) is 0 Å². The lowest BCUT2D eigenvalue weighted by atomic mass is 10.2. The number of fused-ring (bicyclic) bond motifs is 3. The average molecular weight is 504 g/mol. The zero-order chi connectivity index (χ0) is 24.7. The Morgan fingerprint density at radius 3 is 2.69 bits per heavy atom. The van der Waals surface area contributed by atoms with E-state index in [-0.39, 0.29) is 12.1 Å². The van der Waals surface area contributed by atoms with Gasteiger partial charge < -0.3 is 9.47 Å². The summed E-state index contributed by atoms with van der Waals surface area (Å²) in [6, 6.07) is 14.3. The zero-order valence-corrected chi connectivity index (χ0v) is 21.0. The molecule has 0 unspecified atom stereocenters. The number of allylic oxidation sites excluding steroid dienone is 1. The van der Waals surface area contributed by atoms with Gasteiger partial charge in [0, 0.05) is 35.5 Å². The summed E-state index contributed by atoms with van der Waals surface area (Å²) in [6.07, 6.45) is 3.63. The second-order valence-corrected chi connectivity index (χ2v) is 9.75. The number of rotatable bonds is 3. The van der Waals surface area contributed by atoms with E-state index in [1.54, 1.807) is 29.7 Å². The minimum Gasteiger partial charge on any atom is -0.336 e. The maximum absolute atomic E-state index is 12.6. The molecule has 0 fully saturated rings. The fourth-order valence-electron chi connectivity index (χ4n) is 4.06. The molecular weight excluding hydrogens is 482 g/mol. The predicted molar refractivity (Wildman–Crippen MR) is 141 cm³/mol. The van der Waals surface area contributed by atoms with Crippen LogP contribution in [-0.2, 0) is 20.6 Å². The van der Waals surface area contributed by atoms with E-state index in [2.05, 4.69) is 46.0 Å². The van der Waals surface area contributed by atoms with Gasteiger partial charge in [0.25, 0.3) is 5.56 Å². The highest BCUT2D eigenvalue weighted by atomic mass is 35.5. The fourth-order valence-corrected chi connectivity index (χ4v) is 5.30. The van der Waals surface area contributed by atoms with E-state index in [1.165, 1.54) is 16.5 Å². The Balaban J connectivity index is 1.40. The minimum atomic E-state index is -0.404. The van der Waals surface area contributed by atoms with Crippen molar-refractivity contribution < 1.29 is 0 Å². The van der Waals surface area contributed by atoms with Crippen molar-refractivity contribution in [1.29, 1.82) is 0 Å². The smallest absolute Gasteiger partial charge is 0.332 e. The lowest BCUT2D eigenvalue weighted by Crippen LogP contribution is -2.37. The molecule has 0 aliphatic carbocycles. The van der Waals surface area contributed by atoms with E-state index in [9.17, 15) is 9.59 Å². The standard InChI is InChI=1S/C26H22ClN5O2S/c1-17(7-6-13-31-16-28-24-23(31)25(33)30(3)26(34)29(24)2)12-14-32-19-8-4-5-9-21(19)35-22-11-10-18(27)15-20(22)32/h4-5,8-12,15-16H,13-14H2,1-3H3/b17-12+. The van der Waals surface area contributed by atoms with Gasteiger partial charge >= 0.3 is 5.69 Å². The number of anilines is 2. The number of hydrogen-bond acceptors (Lipinski definition) is 5. The summed E-state index contributed by atoms with van der Waals surface area (Å²) in [6.45, 7) is 2.89. The van der Waals surface area contributed by atoms with Gasteiger partial charge in [0.15, 0.2) is 11.2 Å². The molecule has 0 amide bonds. The Labute approximate surface area is 211 Å². The van der Waals surface area contributed by atoms with Crippen molar-refractivity contribution in [2.75, 3.05) is 11.4 Å². The molecule has 2 aromatic carbocycles. The highest BCUT2D eigenvalue weighted by Gasteiger charge is 2.22. The largest absolute Gasteiger partial charge is 0.336 e. The van der Waals surface area contributed by atoms with Crippen molar-refractivity contribution in [3.05, 3.63) is 86.3 Å². The topological polar surface area (TPSA) is 65.1 Å². The Morgan fingerprint density at radius 1 is 1.09 bits per heavy atom. The van der Waals surface area contributed by atoms with Crippen molar-refractivity contribution in [1.82, 2.24) is 18.7 Å². The van der Waals surface area contributed by atoms with E-state index in [0.29, 0.717) is 22.7 Å². The summed E-state index contributed by atoms with van der Waals surface area (Å²) < 4.78 is 4.12. The average Bonchev–Trinajstić information content (AvgIpc) is 3.28. The first-order valence-electron chi connectivity index (χ1n) is 11.0. The van der Waals surface area contributed by atoms with Crippen molar-refractivity contribution in [3.63, 3.8) is 0 Å². The van der Waals surface area contributed by atoms with Crippen LogP contribution in [-0.4, -0.2) is 25.2 Å². The number of aryl methyl sites for hydroxylation is 1. The number of para-hydroxylation sites is 1. The molecule has 0 spiro atoms. The number of hydrogen-bond donors (Lipinski definition) is 0. The summed E-state index contributed by atoms with van der Waals surface area (Å²) in [5, 5.41) is 0.699. The number of nitrogens with zero attached hydrogens (tertiary/aromatic N) is 5. The molecule has 35 heavy (non-hydrogen) atoms. The Bertz CT molecular complexity index is 1690. The van der Waals surface area contributed by atoms with Crippen LogP contribution in [0.15, 0.2) is 79.8 Å². The third kappa shape index (κ3) is 4.18. The van der Waals surface area contributed by atoms with Crippen molar-refractivity contribution in [3.8, 4) is 11.8 Å². The monoisotopic (exact) mass is 503 g/mol. The van der Waals surface area contributed by atoms with E-state index in [1.807, 2.05) is 31.2 Å². The molecule has 0 bridgehead atoms. The maximum atomic E-state index is 12.6. The predicted octanol–water partition coefficient (Wildman–Crippen LogP) is 4.34. The molecule has 0 saturated carbocycles. The van der Waals surface area contributed by atoms with E-state index < -0.39 is 5.69 Å². The van der Waals surface area contributed by atoms with Gasteiger partial charge in [-0.25, -0.2) is 9.78 Å². The third-order valence-corrected chi connectivity index (χ3v) is 7.29. The molecule has 7 nitrogen and oxygen atoms in total. The van der Waals surface area contributed by atoms with Gasteiger partial charge in [0.1, 0.15) is 0 Å². The van der Waals surface area contributed by atoms with E-state index in [0.717, 1.165) is 26.4 Å². The van der Waals surface area contributed by atoms with Crippen LogP contribution in [0.3, 0.4) is 0 Å². The van der Waals surface area contributed by atoms with Crippen LogP contribution in [0.4, 0.5) is 11.4 Å². The Morgan fingerprint density at radius 2 is 1.86 bits per heavy atom. The number of imidazole rings is 1. The summed E-state index contributed by atoms with van der Waals surface area (Å²) in [7, 11) is 3.06. The van der Waals surface area contributed by atoms with Crippen molar-refractivity contribution in [2.24, 2.45) is 14.1 Å². The molecule has 9 heteroatoms. The van der Waals surface area contributed by atoms with Crippen LogP contribution >= 0.6 is 23.4 Å². The van der Waals surface area contributed by atoms with Crippen LogP contribution in [0, 0.1) is 11.8 Å². The molecule has 0 saturated heterocycles. The second kappa shape index (κ2) is 9.17. The molecule has 1 aliphatic heterocycles. The number of aromatic nitrogens is 4.